The van der Waals surface area contributed by atoms with Gasteiger partial charge in [0, 0.05) is 30.5 Å². The predicted molar refractivity (Wildman–Crippen MR) is 147 cm³/mol. The quantitative estimate of drug-likeness (QED) is 0.251. The van der Waals surface area contributed by atoms with Gasteiger partial charge in [0.05, 0.1) is 30.6 Å². The number of aliphatic hydroxyl groups is 1. The number of carbonyl (C=O) groups is 3. The maximum atomic E-state index is 14.4. The summed E-state index contributed by atoms with van der Waals surface area (Å²) in [7, 11) is 0. The summed E-state index contributed by atoms with van der Waals surface area (Å²) < 4.78 is 6.64. The Bertz CT molecular complexity index is 880. The van der Waals surface area contributed by atoms with E-state index in [1.807, 2.05) is 20.8 Å². The zero-order valence-corrected chi connectivity index (χ0v) is 24.4. The molecule has 2 bridgehead atoms. The van der Waals surface area contributed by atoms with E-state index in [0.29, 0.717) is 32.5 Å². The summed E-state index contributed by atoms with van der Waals surface area (Å²) >= 11 is 3.74. The average Bonchev–Trinajstić information content (AvgIpc) is 3.46. The fourth-order valence-corrected chi connectivity index (χ4v) is 7.66. The number of amides is 3. The van der Waals surface area contributed by atoms with Crippen molar-refractivity contribution in [1.29, 1.82) is 0 Å². The number of ether oxygens (including phenoxy) is 1. The molecule has 3 heterocycles. The molecular weight excluding hydrogens is 538 g/mol. The molecule has 9 heteroatoms. The molecule has 0 aromatic heterocycles. The summed E-state index contributed by atoms with van der Waals surface area (Å²) in [5.74, 6) is -2.08. The van der Waals surface area contributed by atoms with Crippen LogP contribution in [-0.2, 0) is 19.1 Å². The van der Waals surface area contributed by atoms with Crippen LogP contribution < -0.4 is 0 Å². The molecule has 4 unspecified atom stereocenters. The Kier molecular flexibility index (Phi) is 10.0. The molecule has 3 saturated heterocycles. The van der Waals surface area contributed by atoms with E-state index in [1.54, 1.807) is 26.9 Å². The van der Waals surface area contributed by atoms with Crippen LogP contribution >= 0.6 is 15.9 Å². The van der Waals surface area contributed by atoms with Gasteiger partial charge in [-0.25, -0.2) is 0 Å². The molecule has 3 fully saturated rings. The minimum atomic E-state index is -1.13. The number of rotatable bonds is 14. The summed E-state index contributed by atoms with van der Waals surface area (Å²) in [5.41, 5.74) is -1.13. The lowest BCUT2D eigenvalue weighted by Gasteiger charge is -2.41. The van der Waals surface area contributed by atoms with E-state index in [-0.39, 0.29) is 35.2 Å². The molecule has 1 N–H and O–H groups in total. The molecule has 208 valence electrons. The van der Waals surface area contributed by atoms with Gasteiger partial charge in [-0.15, -0.1) is 13.2 Å². The maximum Gasteiger partial charge on any atom is 0.248 e. The van der Waals surface area contributed by atoms with Crippen LogP contribution in [0.1, 0.15) is 59.8 Å². The van der Waals surface area contributed by atoms with E-state index in [1.165, 1.54) is 0 Å². The van der Waals surface area contributed by atoms with Crippen LogP contribution in [0.3, 0.4) is 0 Å². The molecule has 0 aromatic carbocycles. The maximum absolute atomic E-state index is 14.4. The van der Waals surface area contributed by atoms with Gasteiger partial charge in [0.1, 0.15) is 11.6 Å². The number of hydrogen-bond donors (Lipinski definition) is 1. The molecule has 1 spiro atoms. The molecule has 3 rings (SSSR count). The van der Waals surface area contributed by atoms with Crippen molar-refractivity contribution in [2.24, 2.45) is 11.8 Å². The summed E-state index contributed by atoms with van der Waals surface area (Å²) in [5, 5.41) is 10.3. The monoisotopic (exact) mass is 581 g/mol. The Morgan fingerprint density at radius 1 is 1.22 bits per heavy atom. The van der Waals surface area contributed by atoms with Crippen molar-refractivity contribution >= 4 is 33.7 Å². The largest absolute Gasteiger partial charge is 0.394 e. The SMILES string of the molecule is C=CCN(CCC)C(=O)[C@H]1[C@H]2C(=O)N([C@@H](CC)CO)C(C(=O)N(CC=C)C(C)CCC)C23CC(Br)[C@@H]1O3. The lowest BCUT2D eigenvalue weighted by Crippen LogP contribution is -2.60. The lowest BCUT2D eigenvalue weighted by molar-refractivity contribution is -0.153. The molecule has 3 aliphatic rings. The number of hydrogen-bond acceptors (Lipinski definition) is 5. The fourth-order valence-electron chi connectivity index (χ4n) is 6.72. The first-order valence-electron chi connectivity index (χ1n) is 13.7. The first kappa shape index (κ1) is 29.8. The highest BCUT2D eigenvalue weighted by molar-refractivity contribution is 9.09. The van der Waals surface area contributed by atoms with Gasteiger partial charge in [0.25, 0.3) is 0 Å². The molecule has 3 aliphatic heterocycles. The average molecular weight is 583 g/mol. The van der Waals surface area contributed by atoms with Crippen molar-refractivity contribution in [1.82, 2.24) is 14.7 Å². The van der Waals surface area contributed by atoms with Crippen molar-refractivity contribution in [2.45, 2.75) is 94.5 Å². The highest BCUT2D eigenvalue weighted by Crippen LogP contribution is 2.61. The Hall–Kier alpha value is -1.71. The van der Waals surface area contributed by atoms with E-state index in [4.69, 9.17) is 4.74 Å². The molecule has 0 radical (unpaired) electrons. The van der Waals surface area contributed by atoms with Crippen LogP contribution in [0.2, 0.25) is 0 Å². The Morgan fingerprint density at radius 3 is 2.43 bits per heavy atom. The van der Waals surface area contributed by atoms with Crippen LogP contribution in [0.5, 0.6) is 0 Å². The van der Waals surface area contributed by atoms with Crippen LogP contribution in [0.4, 0.5) is 0 Å². The summed E-state index contributed by atoms with van der Waals surface area (Å²) in [6.07, 6.45) is 6.33. The number of fused-ring (bicyclic) bond motifs is 1. The minimum Gasteiger partial charge on any atom is -0.394 e. The van der Waals surface area contributed by atoms with E-state index in [2.05, 4.69) is 36.0 Å². The highest BCUT2D eigenvalue weighted by Gasteiger charge is 2.77. The van der Waals surface area contributed by atoms with Gasteiger partial charge < -0.3 is 24.5 Å². The molecule has 8 nitrogen and oxygen atoms in total. The van der Waals surface area contributed by atoms with Gasteiger partial charge in [-0.3, -0.25) is 14.4 Å². The van der Waals surface area contributed by atoms with E-state index in [9.17, 15) is 19.5 Å². The van der Waals surface area contributed by atoms with Gasteiger partial charge in [-0.1, -0.05) is 55.3 Å². The first-order valence-corrected chi connectivity index (χ1v) is 14.7. The van der Waals surface area contributed by atoms with Crippen molar-refractivity contribution in [3.8, 4) is 0 Å². The zero-order chi connectivity index (χ0) is 27.5. The minimum absolute atomic E-state index is 0.0551. The summed E-state index contributed by atoms with van der Waals surface area (Å²) in [6.45, 7) is 16.7. The van der Waals surface area contributed by atoms with Gasteiger partial charge in [0.2, 0.25) is 17.7 Å². The van der Waals surface area contributed by atoms with Crippen LogP contribution in [0, 0.1) is 11.8 Å². The van der Waals surface area contributed by atoms with Crippen LogP contribution in [0.25, 0.3) is 0 Å². The number of likely N-dealkylation sites (tertiary alicyclic amines) is 1. The van der Waals surface area contributed by atoms with Gasteiger partial charge in [-0.2, -0.15) is 0 Å². The molecule has 8 atom stereocenters. The third-order valence-electron chi connectivity index (χ3n) is 8.32. The second-order valence-electron chi connectivity index (χ2n) is 10.6. The van der Waals surface area contributed by atoms with Crippen LogP contribution in [-0.4, -0.2) is 98.4 Å². The number of carbonyl (C=O) groups excluding carboxylic acids is 3. The third-order valence-corrected chi connectivity index (χ3v) is 9.17. The van der Waals surface area contributed by atoms with Gasteiger partial charge in [0.15, 0.2) is 0 Å². The van der Waals surface area contributed by atoms with E-state index in [0.717, 1.165) is 19.3 Å². The highest BCUT2D eigenvalue weighted by atomic mass is 79.9. The van der Waals surface area contributed by atoms with Crippen LogP contribution in [0.15, 0.2) is 25.3 Å². The normalized spacial score (nSPS) is 31.7. The van der Waals surface area contributed by atoms with Crippen molar-refractivity contribution in [3.05, 3.63) is 25.3 Å². The second kappa shape index (κ2) is 12.4. The number of halogens is 1. The zero-order valence-electron chi connectivity index (χ0n) is 22.8. The summed E-state index contributed by atoms with van der Waals surface area (Å²) in [6, 6.07) is -1.51. The number of alkyl halides is 1. The van der Waals surface area contributed by atoms with E-state index < -0.39 is 35.6 Å². The van der Waals surface area contributed by atoms with Crippen molar-refractivity contribution in [3.63, 3.8) is 0 Å². The molecule has 0 aliphatic carbocycles. The number of aliphatic hydroxyl groups excluding tert-OH is 1. The molecular formula is C28H44BrN3O5. The summed E-state index contributed by atoms with van der Waals surface area (Å²) in [4.78, 5) is 47.4. The van der Waals surface area contributed by atoms with Gasteiger partial charge >= 0.3 is 0 Å². The van der Waals surface area contributed by atoms with E-state index >= 15 is 0 Å². The second-order valence-corrected chi connectivity index (χ2v) is 11.8. The predicted octanol–water partition coefficient (Wildman–Crippen LogP) is 3.13. The first-order chi connectivity index (χ1) is 17.7. The third kappa shape index (κ3) is 5.03. The van der Waals surface area contributed by atoms with Crippen molar-refractivity contribution < 1.29 is 24.2 Å². The Labute approximate surface area is 230 Å². The van der Waals surface area contributed by atoms with Gasteiger partial charge in [-0.05, 0) is 32.6 Å². The molecule has 37 heavy (non-hydrogen) atoms. The standard InChI is InChI=1S/C28H44BrN3O5/c1-7-12-18(6)31(15-10-4)27(36)24-28-16-20(29)23(37-28)21(25(34)30(13-8-2)14-9-3)22(28)26(35)32(24)19(11-5)17-33/h8,10,18-24,33H,2,4,7,9,11-17H2,1,3,5-6H3/t18?,19-,20?,21-,22-,23-,24?,28?/m0/s1. The molecule has 0 saturated carbocycles. The molecule has 0 aromatic rings. The van der Waals surface area contributed by atoms with Crippen molar-refractivity contribution in [2.75, 3.05) is 26.2 Å². The Morgan fingerprint density at radius 2 is 1.89 bits per heavy atom. The number of nitrogens with zero attached hydrogens (tertiary/aromatic N) is 3. The topological polar surface area (TPSA) is 90.4 Å². The fraction of sp³-hybridized carbons (Fsp3) is 0.750. The Balaban J connectivity index is 2.12. The smallest absolute Gasteiger partial charge is 0.248 e. The molecule has 3 amide bonds. The lowest BCUT2D eigenvalue weighted by atomic mass is 9.70.